The monoisotopic (exact) mass is 365 g/mol. The maximum atomic E-state index is 12.1. The number of benzene rings is 1. The zero-order chi connectivity index (χ0) is 18.9. The Hall–Kier alpha value is -2.28. The molecule has 1 aliphatic rings. The maximum absolute atomic E-state index is 12.1. The summed E-state index contributed by atoms with van der Waals surface area (Å²) < 4.78 is 21.4. The van der Waals surface area contributed by atoms with E-state index in [1.54, 1.807) is 18.2 Å². The van der Waals surface area contributed by atoms with Crippen molar-refractivity contribution >= 4 is 11.9 Å². The molecule has 0 bridgehead atoms. The molecule has 1 atom stereocenters. The van der Waals surface area contributed by atoms with Crippen LogP contribution < -0.4 is 14.8 Å². The van der Waals surface area contributed by atoms with Gasteiger partial charge in [-0.15, -0.1) is 0 Å². The van der Waals surface area contributed by atoms with Gasteiger partial charge in [0.15, 0.2) is 18.1 Å². The second-order valence-corrected chi connectivity index (χ2v) is 6.59. The summed E-state index contributed by atoms with van der Waals surface area (Å²) in [6.45, 7) is 5.47. The predicted molar refractivity (Wildman–Crippen MR) is 95.6 cm³/mol. The van der Waals surface area contributed by atoms with Crippen LogP contribution >= 0.6 is 0 Å². The molecular weight excluding hydrogens is 338 g/mol. The Morgan fingerprint density at radius 3 is 2.77 bits per heavy atom. The van der Waals surface area contributed by atoms with Crippen molar-refractivity contribution in [3.63, 3.8) is 0 Å². The SMILES string of the molecule is COc1cc(C(=O)OCC(=O)NC[C@H]2CCCO2)ccc1OCC(C)C. The van der Waals surface area contributed by atoms with E-state index in [-0.39, 0.29) is 18.6 Å². The molecule has 1 saturated heterocycles. The lowest BCUT2D eigenvalue weighted by Gasteiger charge is -2.13. The van der Waals surface area contributed by atoms with E-state index < -0.39 is 5.97 Å². The minimum absolute atomic E-state index is 0.0531. The van der Waals surface area contributed by atoms with Gasteiger partial charge in [-0.3, -0.25) is 4.79 Å². The summed E-state index contributed by atoms with van der Waals surface area (Å²) in [6, 6.07) is 4.79. The topological polar surface area (TPSA) is 83.1 Å². The van der Waals surface area contributed by atoms with E-state index in [0.717, 1.165) is 19.4 Å². The predicted octanol–water partition coefficient (Wildman–Crippen LogP) is 2.18. The Bertz CT molecular complexity index is 610. The van der Waals surface area contributed by atoms with Crippen molar-refractivity contribution in [2.45, 2.75) is 32.8 Å². The van der Waals surface area contributed by atoms with E-state index in [4.69, 9.17) is 18.9 Å². The van der Waals surface area contributed by atoms with Crippen molar-refractivity contribution in [2.24, 2.45) is 5.92 Å². The fourth-order valence-corrected chi connectivity index (χ4v) is 2.47. The lowest BCUT2D eigenvalue weighted by molar-refractivity contribution is -0.124. The first-order chi connectivity index (χ1) is 12.5. The van der Waals surface area contributed by atoms with Crippen LogP contribution in [0.1, 0.15) is 37.0 Å². The average Bonchev–Trinajstić information content (AvgIpc) is 3.16. The zero-order valence-electron chi connectivity index (χ0n) is 15.6. The molecule has 1 aromatic carbocycles. The third-order valence-corrected chi connectivity index (χ3v) is 3.86. The smallest absolute Gasteiger partial charge is 0.338 e. The molecule has 1 aromatic rings. The zero-order valence-corrected chi connectivity index (χ0v) is 15.6. The molecule has 1 N–H and O–H groups in total. The molecule has 2 rings (SSSR count). The standard InChI is InChI=1S/C19H27NO6/c1-13(2)11-25-16-7-6-14(9-17(16)23-3)19(22)26-12-18(21)20-10-15-5-4-8-24-15/h6-7,9,13,15H,4-5,8,10-12H2,1-3H3,(H,20,21)/t15-/m1/s1. The Balaban J connectivity index is 1.83. The van der Waals surface area contributed by atoms with E-state index in [9.17, 15) is 9.59 Å². The minimum Gasteiger partial charge on any atom is -0.493 e. The van der Waals surface area contributed by atoms with Gasteiger partial charge >= 0.3 is 5.97 Å². The highest BCUT2D eigenvalue weighted by molar-refractivity contribution is 5.92. The number of ether oxygens (including phenoxy) is 4. The average molecular weight is 365 g/mol. The number of esters is 1. The molecule has 0 aromatic heterocycles. The van der Waals surface area contributed by atoms with Gasteiger partial charge in [-0.2, -0.15) is 0 Å². The number of carbonyl (C=O) groups is 2. The van der Waals surface area contributed by atoms with Crippen LogP contribution in [-0.4, -0.2) is 51.5 Å². The molecule has 1 heterocycles. The number of rotatable bonds is 9. The van der Waals surface area contributed by atoms with Crippen LogP contribution in [0.5, 0.6) is 11.5 Å². The van der Waals surface area contributed by atoms with Crippen LogP contribution in [0.4, 0.5) is 0 Å². The van der Waals surface area contributed by atoms with E-state index in [1.165, 1.54) is 7.11 Å². The molecule has 0 unspecified atom stereocenters. The quantitative estimate of drug-likeness (QED) is 0.676. The van der Waals surface area contributed by atoms with Crippen molar-refractivity contribution < 1.29 is 28.5 Å². The molecule has 1 aliphatic heterocycles. The van der Waals surface area contributed by atoms with Gasteiger partial charge in [0.05, 0.1) is 25.4 Å². The van der Waals surface area contributed by atoms with E-state index >= 15 is 0 Å². The van der Waals surface area contributed by atoms with Gasteiger partial charge in [0.25, 0.3) is 5.91 Å². The van der Waals surface area contributed by atoms with Gasteiger partial charge in [-0.1, -0.05) is 13.8 Å². The van der Waals surface area contributed by atoms with Gasteiger partial charge in [0, 0.05) is 13.2 Å². The minimum atomic E-state index is -0.592. The van der Waals surface area contributed by atoms with E-state index in [0.29, 0.717) is 36.1 Å². The Morgan fingerprint density at radius 2 is 2.12 bits per heavy atom. The molecule has 0 radical (unpaired) electrons. The summed E-state index contributed by atoms with van der Waals surface area (Å²) in [5.74, 6) is 0.441. The molecular formula is C19H27NO6. The molecule has 0 saturated carbocycles. The molecule has 0 aliphatic carbocycles. The normalized spacial score (nSPS) is 16.4. The molecule has 26 heavy (non-hydrogen) atoms. The summed E-state index contributed by atoms with van der Waals surface area (Å²) in [6.07, 6.45) is 2.00. The van der Waals surface area contributed by atoms with E-state index in [2.05, 4.69) is 5.32 Å². The lowest BCUT2D eigenvalue weighted by atomic mass is 10.2. The lowest BCUT2D eigenvalue weighted by Crippen LogP contribution is -2.34. The molecule has 7 heteroatoms. The Labute approximate surface area is 153 Å². The molecule has 1 amide bonds. The van der Waals surface area contributed by atoms with Gasteiger partial charge in [0.2, 0.25) is 0 Å². The summed E-state index contributed by atoms with van der Waals surface area (Å²) in [5.41, 5.74) is 0.297. The fourth-order valence-electron chi connectivity index (χ4n) is 2.47. The number of nitrogens with one attached hydrogen (secondary N) is 1. The molecule has 144 valence electrons. The molecule has 0 spiro atoms. The summed E-state index contributed by atoms with van der Waals surface area (Å²) in [5, 5.41) is 2.70. The summed E-state index contributed by atoms with van der Waals surface area (Å²) in [7, 11) is 1.51. The van der Waals surface area contributed by atoms with Gasteiger partial charge < -0.3 is 24.3 Å². The van der Waals surface area contributed by atoms with Crippen LogP contribution in [0.15, 0.2) is 18.2 Å². The highest BCUT2D eigenvalue weighted by Gasteiger charge is 2.17. The highest BCUT2D eigenvalue weighted by atomic mass is 16.5. The number of amides is 1. The number of methoxy groups -OCH3 is 1. The summed E-state index contributed by atoms with van der Waals surface area (Å²) >= 11 is 0. The van der Waals surface area contributed by atoms with Crippen molar-refractivity contribution in [3.8, 4) is 11.5 Å². The number of hydrogen-bond donors (Lipinski definition) is 1. The van der Waals surface area contributed by atoms with Crippen LogP contribution in [0.25, 0.3) is 0 Å². The first kappa shape index (κ1) is 20.0. The van der Waals surface area contributed by atoms with Gasteiger partial charge in [0.1, 0.15) is 0 Å². The molecule has 1 fully saturated rings. The highest BCUT2D eigenvalue weighted by Crippen LogP contribution is 2.28. The van der Waals surface area contributed by atoms with Gasteiger partial charge in [-0.25, -0.2) is 4.79 Å². The largest absolute Gasteiger partial charge is 0.493 e. The second kappa shape index (κ2) is 10.0. The van der Waals surface area contributed by atoms with E-state index in [1.807, 2.05) is 13.8 Å². The summed E-state index contributed by atoms with van der Waals surface area (Å²) in [4.78, 5) is 23.9. The third kappa shape index (κ3) is 6.22. The van der Waals surface area contributed by atoms with Crippen molar-refractivity contribution in [1.82, 2.24) is 5.32 Å². The van der Waals surface area contributed by atoms with Crippen LogP contribution in [0.3, 0.4) is 0 Å². The second-order valence-electron chi connectivity index (χ2n) is 6.59. The number of hydrogen-bond acceptors (Lipinski definition) is 6. The van der Waals surface area contributed by atoms with Crippen molar-refractivity contribution in [3.05, 3.63) is 23.8 Å². The van der Waals surface area contributed by atoms with Gasteiger partial charge in [-0.05, 0) is 37.0 Å². The van der Waals surface area contributed by atoms with Crippen LogP contribution in [0, 0.1) is 5.92 Å². The van der Waals surface area contributed by atoms with Crippen molar-refractivity contribution in [2.75, 3.05) is 33.5 Å². The first-order valence-electron chi connectivity index (χ1n) is 8.86. The van der Waals surface area contributed by atoms with Crippen molar-refractivity contribution in [1.29, 1.82) is 0 Å². The first-order valence-corrected chi connectivity index (χ1v) is 8.86. The van der Waals surface area contributed by atoms with Crippen LogP contribution in [-0.2, 0) is 14.3 Å². The van der Waals surface area contributed by atoms with Crippen LogP contribution in [0.2, 0.25) is 0 Å². The Morgan fingerprint density at radius 1 is 1.31 bits per heavy atom. The Kier molecular flexibility index (Phi) is 7.72. The molecule has 7 nitrogen and oxygen atoms in total. The fraction of sp³-hybridized carbons (Fsp3) is 0.579. The third-order valence-electron chi connectivity index (χ3n) is 3.86. The number of carbonyl (C=O) groups excluding carboxylic acids is 2. The maximum Gasteiger partial charge on any atom is 0.338 e.